The van der Waals surface area contributed by atoms with E-state index in [-0.39, 0.29) is 21.7 Å². The zero-order valence-corrected chi connectivity index (χ0v) is 10.7. The minimum absolute atomic E-state index is 0.109. The zero-order valence-electron chi connectivity index (χ0n) is 9.85. The largest absolute Gasteiger partial charge is 0.382 e. The number of nitro groups is 1. The zero-order chi connectivity index (χ0) is 14.1. The van der Waals surface area contributed by atoms with Crippen molar-refractivity contribution in [3.63, 3.8) is 0 Å². The van der Waals surface area contributed by atoms with Gasteiger partial charge in [-0.2, -0.15) is 0 Å². The summed E-state index contributed by atoms with van der Waals surface area (Å²) in [6, 6.07) is 2.86. The van der Waals surface area contributed by atoms with Crippen LogP contribution in [0.3, 0.4) is 0 Å². The number of nitrogens with one attached hydrogen (secondary N) is 1. The van der Waals surface area contributed by atoms with E-state index in [1.165, 1.54) is 24.7 Å². The number of imidazole rings is 1. The molecule has 0 aliphatic rings. The molecule has 20 heavy (non-hydrogen) atoms. The van der Waals surface area contributed by atoms with Gasteiger partial charge in [0.25, 0.3) is 0 Å². The monoisotopic (exact) mass is 289 g/mol. The summed E-state index contributed by atoms with van der Waals surface area (Å²) in [4.78, 5) is 29.4. The molecule has 0 aliphatic heterocycles. The van der Waals surface area contributed by atoms with Crippen molar-refractivity contribution < 1.29 is 4.92 Å². The van der Waals surface area contributed by atoms with Gasteiger partial charge < -0.3 is 10.7 Å². The molecule has 0 radical (unpaired) electrons. The second kappa shape index (κ2) is 4.74. The van der Waals surface area contributed by atoms with Crippen LogP contribution in [0.15, 0.2) is 34.8 Å². The van der Waals surface area contributed by atoms with E-state index >= 15 is 0 Å². The van der Waals surface area contributed by atoms with E-state index in [1.807, 2.05) is 0 Å². The summed E-state index contributed by atoms with van der Waals surface area (Å²) in [5, 5.41) is 11.4. The fourth-order valence-corrected chi connectivity index (χ4v) is 2.38. The van der Waals surface area contributed by atoms with Gasteiger partial charge in [-0.1, -0.05) is 0 Å². The van der Waals surface area contributed by atoms with Crippen LogP contribution >= 0.6 is 11.8 Å². The Labute approximate surface area is 115 Å². The molecule has 0 spiro atoms. The first-order valence-electron chi connectivity index (χ1n) is 5.39. The van der Waals surface area contributed by atoms with Crippen LogP contribution in [0.25, 0.3) is 11.2 Å². The lowest BCUT2D eigenvalue weighted by Gasteiger charge is -2.01. The van der Waals surface area contributed by atoms with Gasteiger partial charge in [0.2, 0.25) is 0 Å². The number of rotatable bonds is 3. The van der Waals surface area contributed by atoms with Crippen LogP contribution in [0.4, 0.5) is 11.5 Å². The van der Waals surface area contributed by atoms with Crippen LogP contribution in [0.2, 0.25) is 0 Å². The summed E-state index contributed by atoms with van der Waals surface area (Å²) in [5.74, 6) is 0.230. The lowest BCUT2D eigenvalue weighted by atomic mass is 10.4. The second-order valence-corrected chi connectivity index (χ2v) is 4.64. The highest BCUT2D eigenvalue weighted by Crippen LogP contribution is 2.31. The Morgan fingerprint density at radius 3 is 3.00 bits per heavy atom. The molecular weight excluding hydrogens is 282 g/mol. The maximum atomic E-state index is 10.9. The summed E-state index contributed by atoms with van der Waals surface area (Å²) < 4.78 is 0. The number of aromatic amines is 1. The summed E-state index contributed by atoms with van der Waals surface area (Å²) in [6.07, 6.45) is 2.92. The molecule has 3 N–H and O–H groups in total. The first-order valence-corrected chi connectivity index (χ1v) is 6.20. The van der Waals surface area contributed by atoms with Gasteiger partial charge in [0.15, 0.2) is 21.6 Å². The van der Waals surface area contributed by atoms with Gasteiger partial charge >= 0.3 is 5.69 Å². The molecule has 0 saturated carbocycles. The van der Waals surface area contributed by atoms with E-state index < -0.39 is 4.92 Å². The smallest absolute Gasteiger partial charge is 0.301 e. The molecule has 9 nitrogen and oxygen atoms in total. The van der Waals surface area contributed by atoms with Crippen molar-refractivity contribution in [1.82, 2.24) is 24.9 Å². The molecule has 100 valence electrons. The van der Waals surface area contributed by atoms with E-state index in [9.17, 15) is 10.1 Å². The molecule has 0 saturated heterocycles. The van der Waals surface area contributed by atoms with E-state index in [4.69, 9.17) is 5.73 Å². The summed E-state index contributed by atoms with van der Waals surface area (Å²) in [7, 11) is 0. The normalized spacial score (nSPS) is 10.8. The first-order chi connectivity index (χ1) is 9.65. The van der Waals surface area contributed by atoms with E-state index in [0.717, 1.165) is 11.8 Å². The number of hydrogen-bond acceptors (Lipinski definition) is 8. The molecule has 0 atom stereocenters. The summed E-state index contributed by atoms with van der Waals surface area (Å²) >= 11 is 0.966. The molecule has 0 unspecified atom stereocenters. The number of nitrogen functional groups attached to an aromatic ring is 1. The van der Waals surface area contributed by atoms with Crippen LogP contribution in [0, 0.1) is 10.1 Å². The summed E-state index contributed by atoms with van der Waals surface area (Å²) in [5.41, 5.74) is 6.59. The maximum Gasteiger partial charge on any atom is 0.301 e. The van der Waals surface area contributed by atoms with E-state index in [2.05, 4.69) is 24.9 Å². The fourth-order valence-electron chi connectivity index (χ4n) is 1.57. The van der Waals surface area contributed by atoms with Crippen molar-refractivity contribution >= 4 is 34.4 Å². The molecule has 0 fully saturated rings. The highest BCUT2D eigenvalue weighted by molar-refractivity contribution is 7.99. The standard InChI is InChI=1S/C10H7N7O2S/c11-7-6-8(14-4-13-6)16-10(15-7)20-9-5(17(18)19)2-1-3-12-9/h1-4H,(H3,11,13,14,15,16). The van der Waals surface area contributed by atoms with Gasteiger partial charge in [-0.3, -0.25) is 10.1 Å². The Bertz CT molecular complexity index is 803. The highest BCUT2D eigenvalue weighted by Gasteiger charge is 2.18. The third-order valence-electron chi connectivity index (χ3n) is 2.43. The Morgan fingerprint density at radius 2 is 2.20 bits per heavy atom. The van der Waals surface area contributed by atoms with E-state index in [0.29, 0.717) is 11.2 Å². The van der Waals surface area contributed by atoms with Crippen molar-refractivity contribution in [3.8, 4) is 0 Å². The average molecular weight is 289 g/mol. The van der Waals surface area contributed by atoms with Gasteiger partial charge in [-0.25, -0.2) is 19.9 Å². The Balaban J connectivity index is 2.03. The molecule has 0 aromatic carbocycles. The maximum absolute atomic E-state index is 10.9. The van der Waals surface area contributed by atoms with E-state index in [1.54, 1.807) is 0 Å². The first kappa shape index (κ1) is 12.3. The molecule has 0 amide bonds. The third kappa shape index (κ3) is 2.12. The van der Waals surface area contributed by atoms with Crippen molar-refractivity contribution in [3.05, 3.63) is 34.8 Å². The number of pyridine rings is 1. The van der Waals surface area contributed by atoms with Gasteiger partial charge in [0.1, 0.15) is 5.52 Å². The van der Waals surface area contributed by atoms with Crippen molar-refractivity contribution in [2.45, 2.75) is 10.2 Å². The van der Waals surface area contributed by atoms with Crippen LogP contribution in [-0.2, 0) is 0 Å². The number of aromatic nitrogens is 5. The fraction of sp³-hybridized carbons (Fsp3) is 0. The molecule has 3 rings (SSSR count). The van der Waals surface area contributed by atoms with Crippen molar-refractivity contribution in [1.29, 1.82) is 0 Å². The second-order valence-electron chi connectivity index (χ2n) is 3.68. The van der Waals surface area contributed by atoms with Gasteiger partial charge in [0.05, 0.1) is 11.3 Å². The number of hydrogen-bond donors (Lipinski definition) is 2. The summed E-state index contributed by atoms with van der Waals surface area (Å²) in [6.45, 7) is 0. The van der Waals surface area contributed by atoms with Gasteiger partial charge in [-0.15, -0.1) is 0 Å². The number of nitrogens with two attached hydrogens (primary N) is 1. The van der Waals surface area contributed by atoms with Crippen LogP contribution in [0.1, 0.15) is 0 Å². The average Bonchev–Trinajstić information content (AvgIpc) is 2.88. The molecule has 3 aromatic heterocycles. The lowest BCUT2D eigenvalue weighted by Crippen LogP contribution is -1.98. The number of fused-ring (bicyclic) bond motifs is 1. The molecule has 10 heteroatoms. The quantitative estimate of drug-likeness (QED) is 0.419. The van der Waals surface area contributed by atoms with Crippen LogP contribution < -0.4 is 5.73 Å². The van der Waals surface area contributed by atoms with Crippen molar-refractivity contribution in [2.75, 3.05) is 5.73 Å². The minimum atomic E-state index is -0.508. The number of anilines is 1. The van der Waals surface area contributed by atoms with Crippen molar-refractivity contribution in [2.24, 2.45) is 0 Å². The lowest BCUT2D eigenvalue weighted by molar-refractivity contribution is -0.388. The van der Waals surface area contributed by atoms with Gasteiger partial charge in [-0.05, 0) is 17.8 Å². The molecule has 3 heterocycles. The minimum Gasteiger partial charge on any atom is -0.382 e. The topological polar surface area (TPSA) is 137 Å². The Hall–Kier alpha value is -2.75. The van der Waals surface area contributed by atoms with Crippen LogP contribution in [-0.4, -0.2) is 29.8 Å². The van der Waals surface area contributed by atoms with Crippen LogP contribution in [0.5, 0.6) is 0 Å². The predicted octanol–water partition coefficient (Wildman–Crippen LogP) is 1.39. The third-order valence-corrected chi connectivity index (χ3v) is 3.30. The molecule has 0 aliphatic carbocycles. The molecular formula is C10H7N7O2S. The SMILES string of the molecule is Nc1nc(Sc2ncccc2[N+](=O)[O-])nc2nc[nH]c12. The van der Waals surface area contributed by atoms with Gasteiger partial charge in [0, 0.05) is 12.3 Å². The predicted molar refractivity (Wildman–Crippen MR) is 71.1 cm³/mol. The number of H-pyrrole nitrogens is 1. The Morgan fingerprint density at radius 1 is 1.35 bits per heavy atom. The molecule has 3 aromatic rings. The highest BCUT2D eigenvalue weighted by atomic mass is 32.2. The Kier molecular flexibility index (Phi) is 2.91. The number of nitrogens with zero attached hydrogens (tertiary/aromatic N) is 5. The molecule has 0 bridgehead atoms.